The van der Waals surface area contributed by atoms with E-state index in [4.69, 9.17) is 11.6 Å². The molecule has 2 nitrogen and oxygen atoms in total. The van der Waals surface area contributed by atoms with Crippen LogP contribution in [0.15, 0.2) is 18.2 Å². The third-order valence-electron chi connectivity index (χ3n) is 2.32. The van der Waals surface area contributed by atoms with Crippen LogP contribution in [0.2, 0.25) is 5.02 Å². The van der Waals surface area contributed by atoms with E-state index < -0.39 is 0 Å². The molecular weight excluding hydrogens is 208 g/mol. The Kier molecular flexibility index (Phi) is 2.87. The van der Waals surface area contributed by atoms with Crippen LogP contribution in [0.3, 0.4) is 0 Å². The Morgan fingerprint density at radius 3 is 2.80 bits per heavy atom. The molecule has 78 valence electrons. The quantitative estimate of drug-likeness (QED) is 0.774. The fourth-order valence-electron chi connectivity index (χ4n) is 1.59. The summed E-state index contributed by atoms with van der Waals surface area (Å²) in [5.41, 5.74) is 2.75. The van der Waals surface area contributed by atoms with Gasteiger partial charge >= 0.3 is 0 Å². The molecule has 0 atom stereocenters. The second-order valence-electron chi connectivity index (χ2n) is 3.67. The average molecular weight is 221 g/mol. The Morgan fingerprint density at radius 2 is 2.07 bits per heavy atom. The molecule has 0 unspecified atom stereocenters. The molecule has 0 saturated heterocycles. The number of hydrogen-bond donors (Lipinski definition) is 0. The summed E-state index contributed by atoms with van der Waals surface area (Å²) >= 11 is 6.17. The molecule has 2 rings (SSSR count). The van der Waals surface area contributed by atoms with E-state index in [2.05, 4.69) is 16.9 Å². The van der Waals surface area contributed by atoms with Crippen molar-refractivity contribution in [2.75, 3.05) is 0 Å². The molecular formula is C12H13ClN2. The van der Waals surface area contributed by atoms with Crippen molar-refractivity contribution in [2.45, 2.75) is 26.7 Å². The van der Waals surface area contributed by atoms with Crippen molar-refractivity contribution in [3.8, 4) is 0 Å². The van der Waals surface area contributed by atoms with Crippen LogP contribution < -0.4 is 0 Å². The maximum Gasteiger partial charge on any atom is 0.161 e. The van der Waals surface area contributed by atoms with Crippen LogP contribution in [0.25, 0.3) is 11.0 Å². The van der Waals surface area contributed by atoms with Crippen LogP contribution in [-0.2, 0) is 6.42 Å². The molecule has 0 aliphatic heterocycles. The van der Waals surface area contributed by atoms with Gasteiger partial charge in [0.1, 0.15) is 0 Å². The monoisotopic (exact) mass is 220 g/mol. The molecule has 2 aromatic rings. The van der Waals surface area contributed by atoms with Gasteiger partial charge in [-0.2, -0.15) is 0 Å². The van der Waals surface area contributed by atoms with E-state index in [0.29, 0.717) is 0 Å². The zero-order valence-electron chi connectivity index (χ0n) is 8.92. The Balaban J connectivity index is 2.63. The van der Waals surface area contributed by atoms with Crippen molar-refractivity contribution in [3.05, 3.63) is 34.6 Å². The Morgan fingerprint density at radius 1 is 1.27 bits per heavy atom. The van der Waals surface area contributed by atoms with E-state index in [0.717, 1.165) is 40.3 Å². The smallest absolute Gasteiger partial charge is 0.161 e. The highest BCUT2D eigenvalue weighted by Gasteiger charge is 2.04. The van der Waals surface area contributed by atoms with Gasteiger partial charge in [-0.3, -0.25) is 0 Å². The summed E-state index contributed by atoms with van der Waals surface area (Å²) in [6.45, 7) is 4.09. The maximum absolute atomic E-state index is 6.17. The minimum atomic E-state index is 0.746. The van der Waals surface area contributed by atoms with Crippen molar-refractivity contribution < 1.29 is 0 Å². The normalized spacial score (nSPS) is 10.9. The van der Waals surface area contributed by atoms with Gasteiger partial charge < -0.3 is 0 Å². The summed E-state index contributed by atoms with van der Waals surface area (Å²) in [6.07, 6.45) is 2.02. The van der Waals surface area contributed by atoms with Gasteiger partial charge in [0, 0.05) is 16.8 Å². The fourth-order valence-corrected chi connectivity index (χ4v) is 1.86. The third kappa shape index (κ3) is 2.10. The molecule has 0 N–H and O–H groups in total. The molecule has 3 heteroatoms. The predicted octanol–water partition coefficient (Wildman–Crippen LogP) is 3.54. The van der Waals surface area contributed by atoms with Crippen LogP contribution in [0.1, 0.15) is 24.7 Å². The topological polar surface area (TPSA) is 25.8 Å². The number of pyridine rings is 2. The number of rotatable bonds is 2. The molecule has 0 aliphatic carbocycles. The van der Waals surface area contributed by atoms with Crippen LogP contribution in [0, 0.1) is 6.92 Å². The van der Waals surface area contributed by atoms with Crippen LogP contribution in [-0.4, -0.2) is 9.97 Å². The molecule has 0 spiro atoms. The highest BCUT2D eigenvalue weighted by atomic mass is 35.5. The summed E-state index contributed by atoms with van der Waals surface area (Å²) in [5.74, 6) is 0. The summed E-state index contributed by atoms with van der Waals surface area (Å²) in [6, 6.07) is 5.86. The lowest BCUT2D eigenvalue weighted by atomic mass is 10.2. The molecule has 0 amide bonds. The summed E-state index contributed by atoms with van der Waals surface area (Å²) < 4.78 is 0. The lowest BCUT2D eigenvalue weighted by molar-refractivity contribution is 0.887. The van der Waals surface area contributed by atoms with E-state index in [9.17, 15) is 0 Å². The Bertz CT molecular complexity index is 494. The minimum Gasteiger partial charge on any atom is -0.233 e. The van der Waals surface area contributed by atoms with E-state index in [1.54, 1.807) is 0 Å². The first-order chi connectivity index (χ1) is 7.20. The van der Waals surface area contributed by atoms with Gasteiger partial charge in [0.25, 0.3) is 0 Å². The third-order valence-corrected chi connectivity index (χ3v) is 2.63. The molecule has 0 saturated carbocycles. The average Bonchev–Trinajstić information content (AvgIpc) is 2.17. The second kappa shape index (κ2) is 4.15. The molecule has 0 aromatic carbocycles. The van der Waals surface area contributed by atoms with Crippen LogP contribution in [0.5, 0.6) is 0 Å². The highest BCUT2D eigenvalue weighted by Crippen LogP contribution is 2.22. The second-order valence-corrected chi connectivity index (χ2v) is 4.08. The number of nitrogens with zero attached hydrogens (tertiary/aromatic N) is 2. The van der Waals surface area contributed by atoms with Crippen molar-refractivity contribution in [1.29, 1.82) is 0 Å². The van der Waals surface area contributed by atoms with E-state index >= 15 is 0 Å². The molecule has 0 radical (unpaired) electrons. The van der Waals surface area contributed by atoms with Crippen molar-refractivity contribution >= 4 is 22.6 Å². The molecule has 2 aromatic heterocycles. The predicted molar refractivity (Wildman–Crippen MR) is 63.3 cm³/mol. The molecule has 2 heterocycles. The first kappa shape index (κ1) is 10.4. The van der Waals surface area contributed by atoms with Crippen molar-refractivity contribution in [1.82, 2.24) is 9.97 Å². The Hall–Kier alpha value is -1.15. The standard InChI is InChI=1S/C12H13ClN2/c1-3-4-9-7-11(13)10-6-5-8(2)14-12(10)15-9/h5-7H,3-4H2,1-2H3. The SMILES string of the molecule is CCCc1cc(Cl)c2ccc(C)nc2n1. The van der Waals surface area contributed by atoms with Gasteiger partial charge in [-0.25, -0.2) is 9.97 Å². The maximum atomic E-state index is 6.17. The zero-order chi connectivity index (χ0) is 10.8. The number of fused-ring (bicyclic) bond motifs is 1. The summed E-state index contributed by atoms with van der Waals surface area (Å²) in [7, 11) is 0. The first-order valence-corrected chi connectivity index (χ1v) is 5.51. The number of hydrogen-bond acceptors (Lipinski definition) is 2. The number of aryl methyl sites for hydroxylation is 2. The van der Waals surface area contributed by atoms with Crippen LogP contribution in [0.4, 0.5) is 0 Å². The van der Waals surface area contributed by atoms with Gasteiger partial charge in [0.2, 0.25) is 0 Å². The van der Waals surface area contributed by atoms with Gasteiger partial charge in [0.05, 0.1) is 5.02 Å². The van der Waals surface area contributed by atoms with Crippen molar-refractivity contribution in [2.24, 2.45) is 0 Å². The number of halogens is 1. The van der Waals surface area contributed by atoms with Gasteiger partial charge in [0.15, 0.2) is 5.65 Å². The molecule has 0 fully saturated rings. The molecule has 0 bridgehead atoms. The molecule has 0 aliphatic rings. The zero-order valence-corrected chi connectivity index (χ0v) is 9.67. The Labute approximate surface area is 94.3 Å². The fraction of sp³-hybridized carbons (Fsp3) is 0.333. The summed E-state index contributed by atoms with van der Waals surface area (Å²) in [5, 5.41) is 1.68. The van der Waals surface area contributed by atoms with E-state index in [1.165, 1.54) is 0 Å². The highest BCUT2D eigenvalue weighted by molar-refractivity contribution is 6.35. The lowest BCUT2D eigenvalue weighted by Crippen LogP contribution is -1.93. The van der Waals surface area contributed by atoms with Gasteiger partial charge in [-0.15, -0.1) is 0 Å². The number of aromatic nitrogens is 2. The van der Waals surface area contributed by atoms with Gasteiger partial charge in [-0.05, 0) is 31.5 Å². The van der Waals surface area contributed by atoms with Gasteiger partial charge in [-0.1, -0.05) is 24.9 Å². The molecule has 15 heavy (non-hydrogen) atoms. The van der Waals surface area contributed by atoms with E-state index in [1.807, 2.05) is 25.1 Å². The largest absolute Gasteiger partial charge is 0.233 e. The summed E-state index contributed by atoms with van der Waals surface area (Å²) in [4.78, 5) is 8.87. The lowest BCUT2D eigenvalue weighted by Gasteiger charge is -2.04. The first-order valence-electron chi connectivity index (χ1n) is 5.13. The van der Waals surface area contributed by atoms with Crippen molar-refractivity contribution in [3.63, 3.8) is 0 Å². The minimum absolute atomic E-state index is 0.746. The van der Waals surface area contributed by atoms with Crippen LogP contribution >= 0.6 is 11.6 Å². The van der Waals surface area contributed by atoms with E-state index in [-0.39, 0.29) is 0 Å².